The van der Waals surface area contributed by atoms with Gasteiger partial charge in [-0.1, -0.05) is 12.1 Å². The minimum atomic E-state index is -0.363. The summed E-state index contributed by atoms with van der Waals surface area (Å²) in [6, 6.07) is 11.0. The first-order valence-corrected chi connectivity index (χ1v) is 7.63. The topological polar surface area (TPSA) is 80.2 Å². The van der Waals surface area contributed by atoms with Crippen molar-refractivity contribution in [1.29, 1.82) is 0 Å². The molecule has 0 aliphatic carbocycles. The number of nitrogens with zero attached hydrogens (tertiary/aromatic N) is 1. The van der Waals surface area contributed by atoms with E-state index in [1.807, 2.05) is 31.2 Å². The summed E-state index contributed by atoms with van der Waals surface area (Å²) in [5.74, 6) is 0.791. The number of anilines is 1. The molecular weight excluding hydrogens is 395 g/mol. The second-order valence-electron chi connectivity index (χ2n) is 5.59. The molecule has 7 heteroatoms. The van der Waals surface area contributed by atoms with Gasteiger partial charge < -0.3 is 15.0 Å². The number of aromatic nitrogens is 1. The van der Waals surface area contributed by atoms with Gasteiger partial charge in [-0.05, 0) is 31.0 Å². The number of aromatic amines is 1. The molecule has 0 radical (unpaired) electrons. The SMILES string of the molecule is COc1ccc2[nH][c-]c(CCNc3ccc(C)cc3[N+](=O)[O-])c2c1.[Y+3]. The molecule has 0 saturated carbocycles. The molecule has 0 atom stereocenters. The first kappa shape index (κ1) is 19.4. The van der Waals surface area contributed by atoms with Crippen LogP contribution in [0.1, 0.15) is 11.1 Å². The van der Waals surface area contributed by atoms with E-state index in [4.69, 9.17) is 4.74 Å². The summed E-state index contributed by atoms with van der Waals surface area (Å²) in [6.45, 7) is 2.41. The van der Waals surface area contributed by atoms with Gasteiger partial charge in [0.05, 0.1) is 12.0 Å². The standard InChI is InChI=1S/C18H18N3O3.Y/c1-12-3-5-17(18(9-12)21(22)23)19-8-7-13-11-20-16-6-4-14(24-2)10-15(13)16;/h3-6,9-10,19-20H,7-8H2,1-2H3;/q-1;+3. The Morgan fingerprint density at radius 2 is 2.08 bits per heavy atom. The van der Waals surface area contributed by atoms with Gasteiger partial charge in [-0.3, -0.25) is 10.1 Å². The van der Waals surface area contributed by atoms with Crippen molar-refractivity contribution < 1.29 is 42.4 Å². The first-order valence-electron chi connectivity index (χ1n) is 7.63. The molecule has 1 heterocycles. The van der Waals surface area contributed by atoms with E-state index < -0.39 is 0 Å². The zero-order chi connectivity index (χ0) is 17.1. The van der Waals surface area contributed by atoms with Crippen LogP contribution >= 0.6 is 0 Å². The Hall–Kier alpha value is -1.92. The molecule has 1 aromatic heterocycles. The molecule has 6 nitrogen and oxygen atoms in total. The number of rotatable bonds is 6. The van der Waals surface area contributed by atoms with Crippen LogP contribution in [0.3, 0.4) is 0 Å². The van der Waals surface area contributed by atoms with Crippen molar-refractivity contribution >= 4 is 22.3 Å². The van der Waals surface area contributed by atoms with E-state index in [9.17, 15) is 10.1 Å². The smallest absolute Gasteiger partial charge is 0.498 e. The van der Waals surface area contributed by atoms with E-state index in [0.29, 0.717) is 18.7 Å². The Balaban J connectivity index is 0.00000225. The maximum Gasteiger partial charge on any atom is 3.00 e. The summed E-state index contributed by atoms with van der Waals surface area (Å²) >= 11 is 0. The number of benzene rings is 2. The average molecular weight is 413 g/mol. The number of methoxy groups -OCH3 is 1. The normalized spacial score (nSPS) is 10.3. The van der Waals surface area contributed by atoms with Crippen molar-refractivity contribution in [2.75, 3.05) is 19.0 Å². The van der Waals surface area contributed by atoms with Crippen LogP contribution in [0.25, 0.3) is 10.9 Å². The Morgan fingerprint density at radius 1 is 1.28 bits per heavy atom. The predicted octanol–water partition coefficient (Wildman–Crippen LogP) is 3.85. The van der Waals surface area contributed by atoms with Gasteiger partial charge in [-0.25, -0.2) is 0 Å². The number of hydrogen-bond donors (Lipinski definition) is 2. The predicted molar refractivity (Wildman–Crippen MR) is 93.7 cm³/mol. The van der Waals surface area contributed by atoms with Crippen LogP contribution in [0.4, 0.5) is 11.4 Å². The molecule has 0 bridgehead atoms. The molecule has 25 heavy (non-hydrogen) atoms. The second kappa shape index (κ2) is 8.45. The number of fused-ring (bicyclic) bond motifs is 1. The molecule has 0 amide bonds. The van der Waals surface area contributed by atoms with Gasteiger partial charge in [-0.2, -0.15) is 0 Å². The average Bonchev–Trinajstić information content (AvgIpc) is 2.98. The van der Waals surface area contributed by atoms with Crippen LogP contribution < -0.4 is 10.1 Å². The third-order valence-corrected chi connectivity index (χ3v) is 3.94. The first-order chi connectivity index (χ1) is 11.6. The molecule has 0 spiro atoms. The van der Waals surface area contributed by atoms with Crippen molar-refractivity contribution in [2.45, 2.75) is 13.3 Å². The van der Waals surface area contributed by atoms with Crippen LogP contribution in [0.2, 0.25) is 0 Å². The molecule has 3 aromatic rings. The third-order valence-electron chi connectivity index (χ3n) is 3.94. The van der Waals surface area contributed by atoms with E-state index in [1.54, 1.807) is 19.2 Å². The molecule has 0 aliphatic heterocycles. The number of ether oxygens (including phenoxy) is 1. The summed E-state index contributed by atoms with van der Waals surface area (Å²) in [5.41, 5.74) is 3.50. The summed E-state index contributed by atoms with van der Waals surface area (Å²) in [5, 5.41) is 15.3. The number of hydrogen-bond acceptors (Lipinski definition) is 4. The van der Waals surface area contributed by atoms with Crippen LogP contribution in [-0.4, -0.2) is 23.6 Å². The van der Waals surface area contributed by atoms with E-state index in [1.165, 1.54) is 0 Å². The van der Waals surface area contributed by atoms with Crippen molar-refractivity contribution in [3.8, 4) is 5.75 Å². The maximum atomic E-state index is 11.2. The second-order valence-corrected chi connectivity index (χ2v) is 5.59. The Labute approximate surface area is 171 Å². The fourth-order valence-electron chi connectivity index (χ4n) is 2.68. The number of H-pyrrole nitrogens is 1. The summed E-state index contributed by atoms with van der Waals surface area (Å²) in [6.07, 6.45) is 3.84. The van der Waals surface area contributed by atoms with Crippen molar-refractivity contribution in [1.82, 2.24) is 4.98 Å². The minimum absolute atomic E-state index is 0. The van der Waals surface area contributed by atoms with Crippen LogP contribution in [-0.2, 0) is 39.1 Å². The van der Waals surface area contributed by atoms with Gasteiger partial charge >= 0.3 is 32.7 Å². The van der Waals surface area contributed by atoms with Crippen molar-refractivity contribution in [2.24, 2.45) is 0 Å². The maximum absolute atomic E-state index is 11.2. The summed E-state index contributed by atoms with van der Waals surface area (Å²) in [4.78, 5) is 13.9. The van der Waals surface area contributed by atoms with Gasteiger partial charge in [0, 0.05) is 12.6 Å². The summed E-state index contributed by atoms with van der Waals surface area (Å²) < 4.78 is 5.26. The summed E-state index contributed by atoms with van der Waals surface area (Å²) in [7, 11) is 1.63. The fraction of sp³-hybridized carbons (Fsp3) is 0.222. The largest absolute Gasteiger partial charge is 3.00 e. The minimum Gasteiger partial charge on any atom is -0.498 e. The number of nitro benzene ring substituents is 1. The van der Waals surface area contributed by atoms with Crippen molar-refractivity contribution in [3.63, 3.8) is 0 Å². The zero-order valence-corrected chi connectivity index (χ0v) is 17.0. The van der Waals surface area contributed by atoms with Crippen LogP contribution in [0, 0.1) is 23.2 Å². The van der Waals surface area contributed by atoms with Gasteiger partial charge in [0.1, 0.15) is 11.4 Å². The third kappa shape index (κ3) is 4.38. The van der Waals surface area contributed by atoms with E-state index in [2.05, 4.69) is 16.5 Å². The van der Waals surface area contributed by atoms with Crippen LogP contribution in [0.15, 0.2) is 36.4 Å². The van der Waals surface area contributed by atoms with E-state index in [0.717, 1.165) is 27.8 Å². The molecule has 0 aliphatic rings. The number of nitro groups is 1. The molecule has 3 rings (SSSR count). The number of aryl methyl sites for hydroxylation is 1. The van der Waals surface area contributed by atoms with E-state index >= 15 is 0 Å². The van der Waals surface area contributed by atoms with Gasteiger partial charge in [0.25, 0.3) is 5.69 Å². The molecule has 0 saturated heterocycles. The van der Waals surface area contributed by atoms with Crippen molar-refractivity contribution in [3.05, 3.63) is 63.8 Å². The molecule has 0 unspecified atom stereocenters. The van der Waals surface area contributed by atoms with Gasteiger partial charge in [0.2, 0.25) is 0 Å². The molecule has 0 fully saturated rings. The Kier molecular flexibility index (Phi) is 6.56. The van der Waals surface area contributed by atoms with Crippen LogP contribution in [0.5, 0.6) is 5.75 Å². The number of nitrogens with one attached hydrogen (secondary N) is 2. The monoisotopic (exact) mass is 413 g/mol. The molecule has 2 aromatic carbocycles. The van der Waals surface area contributed by atoms with E-state index in [-0.39, 0.29) is 43.3 Å². The Bertz CT molecular complexity index is 892. The molecule has 124 valence electrons. The Morgan fingerprint density at radius 3 is 2.80 bits per heavy atom. The zero-order valence-electron chi connectivity index (χ0n) is 14.1. The fourth-order valence-corrected chi connectivity index (χ4v) is 2.68. The molecule has 2 N–H and O–H groups in total. The van der Waals surface area contributed by atoms with Gasteiger partial charge in [-0.15, -0.1) is 28.7 Å². The van der Waals surface area contributed by atoms with Gasteiger partial charge in [0.15, 0.2) is 0 Å². The quantitative estimate of drug-likeness (QED) is 0.366. The molecular formula is C18H18N3O3Y+2.